The molecule has 0 radical (unpaired) electrons. The number of hydrogen-bond acceptors (Lipinski definition) is 3. The van der Waals surface area contributed by atoms with Crippen LogP contribution in [-0.2, 0) is 6.54 Å². The Morgan fingerprint density at radius 1 is 1.24 bits per heavy atom. The standard InChI is InChI=1S/C16H19N3O2/c1-3-21-15-10-5-4-9-14(15)18-16(20)19(2)12-13-8-6-7-11-17-13/h4-11H,3,12H2,1-2H3,(H,18,20). The third kappa shape index (κ3) is 4.21. The molecule has 2 amide bonds. The third-order valence-electron chi connectivity index (χ3n) is 2.90. The Morgan fingerprint density at radius 2 is 2.00 bits per heavy atom. The molecule has 0 saturated heterocycles. The van der Waals surface area contributed by atoms with Crippen LogP contribution in [0.2, 0.25) is 0 Å². The zero-order valence-corrected chi connectivity index (χ0v) is 12.2. The third-order valence-corrected chi connectivity index (χ3v) is 2.90. The topological polar surface area (TPSA) is 54.5 Å². The van der Waals surface area contributed by atoms with Crippen molar-refractivity contribution in [2.24, 2.45) is 0 Å². The Labute approximate surface area is 124 Å². The number of aromatic nitrogens is 1. The van der Waals surface area contributed by atoms with Gasteiger partial charge >= 0.3 is 6.03 Å². The molecule has 5 nitrogen and oxygen atoms in total. The number of pyridine rings is 1. The first-order chi connectivity index (χ1) is 10.2. The van der Waals surface area contributed by atoms with E-state index in [0.717, 1.165) is 5.69 Å². The minimum atomic E-state index is -0.201. The molecule has 1 aromatic carbocycles. The van der Waals surface area contributed by atoms with E-state index in [2.05, 4.69) is 10.3 Å². The molecule has 1 heterocycles. The lowest BCUT2D eigenvalue weighted by Gasteiger charge is -2.18. The van der Waals surface area contributed by atoms with Crippen LogP contribution in [0.5, 0.6) is 5.75 Å². The number of amides is 2. The first-order valence-corrected chi connectivity index (χ1v) is 6.84. The Bertz CT molecular complexity index is 587. The SMILES string of the molecule is CCOc1ccccc1NC(=O)N(C)Cc1ccccn1. The molecule has 0 fully saturated rings. The molecule has 0 unspecified atom stereocenters. The molecule has 2 aromatic rings. The smallest absolute Gasteiger partial charge is 0.322 e. The minimum Gasteiger partial charge on any atom is -0.492 e. The van der Waals surface area contributed by atoms with Crippen LogP contribution in [0.15, 0.2) is 48.7 Å². The summed E-state index contributed by atoms with van der Waals surface area (Å²) >= 11 is 0. The molecule has 1 N–H and O–H groups in total. The molecule has 2 rings (SSSR count). The van der Waals surface area contributed by atoms with Crippen molar-refractivity contribution >= 4 is 11.7 Å². The van der Waals surface area contributed by atoms with Gasteiger partial charge in [-0.05, 0) is 31.2 Å². The van der Waals surface area contributed by atoms with Gasteiger partial charge in [-0.25, -0.2) is 4.79 Å². The number of anilines is 1. The number of nitrogens with one attached hydrogen (secondary N) is 1. The number of carbonyl (C=O) groups excluding carboxylic acids is 1. The van der Waals surface area contributed by atoms with E-state index >= 15 is 0 Å². The predicted molar refractivity (Wildman–Crippen MR) is 82.3 cm³/mol. The highest BCUT2D eigenvalue weighted by atomic mass is 16.5. The monoisotopic (exact) mass is 285 g/mol. The highest BCUT2D eigenvalue weighted by Gasteiger charge is 2.12. The van der Waals surface area contributed by atoms with E-state index in [0.29, 0.717) is 24.6 Å². The van der Waals surface area contributed by atoms with Crippen molar-refractivity contribution in [2.75, 3.05) is 19.0 Å². The summed E-state index contributed by atoms with van der Waals surface area (Å²) in [6, 6.07) is 12.8. The number of benzene rings is 1. The van der Waals surface area contributed by atoms with Gasteiger partial charge in [0, 0.05) is 13.2 Å². The number of carbonyl (C=O) groups is 1. The van der Waals surface area contributed by atoms with Gasteiger partial charge in [-0.2, -0.15) is 0 Å². The molecule has 0 aliphatic carbocycles. The molecule has 0 aliphatic heterocycles. The van der Waals surface area contributed by atoms with Crippen molar-refractivity contribution < 1.29 is 9.53 Å². The molecule has 5 heteroatoms. The second kappa shape index (κ2) is 7.28. The fourth-order valence-electron chi connectivity index (χ4n) is 1.87. The zero-order valence-electron chi connectivity index (χ0n) is 12.2. The molecule has 0 aliphatic rings. The molecular formula is C16H19N3O2. The Kier molecular flexibility index (Phi) is 5.15. The predicted octanol–water partition coefficient (Wildman–Crippen LogP) is 3.14. The van der Waals surface area contributed by atoms with Gasteiger partial charge in [0.25, 0.3) is 0 Å². The van der Waals surface area contributed by atoms with Gasteiger partial charge in [-0.15, -0.1) is 0 Å². The van der Waals surface area contributed by atoms with E-state index in [9.17, 15) is 4.79 Å². The second-order valence-electron chi connectivity index (χ2n) is 4.54. The largest absolute Gasteiger partial charge is 0.492 e. The summed E-state index contributed by atoms with van der Waals surface area (Å²) in [5, 5.41) is 2.85. The average molecular weight is 285 g/mol. The lowest BCUT2D eigenvalue weighted by molar-refractivity contribution is 0.220. The number of nitrogens with zero attached hydrogens (tertiary/aromatic N) is 2. The zero-order chi connectivity index (χ0) is 15.1. The maximum absolute atomic E-state index is 12.2. The summed E-state index contributed by atoms with van der Waals surface area (Å²) in [6.45, 7) is 2.91. The molecule has 1 aromatic heterocycles. The lowest BCUT2D eigenvalue weighted by Crippen LogP contribution is -2.31. The molecular weight excluding hydrogens is 266 g/mol. The van der Waals surface area contributed by atoms with Crippen molar-refractivity contribution in [3.63, 3.8) is 0 Å². The quantitative estimate of drug-likeness (QED) is 0.918. The molecule has 0 saturated carbocycles. The highest BCUT2D eigenvalue weighted by molar-refractivity contribution is 5.90. The van der Waals surface area contributed by atoms with Crippen LogP contribution < -0.4 is 10.1 Å². The van der Waals surface area contributed by atoms with Crippen LogP contribution in [0.4, 0.5) is 10.5 Å². The lowest BCUT2D eigenvalue weighted by atomic mass is 10.3. The highest BCUT2D eigenvalue weighted by Crippen LogP contribution is 2.23. The van der Waals surface area contributed by atoms with Crippen LogP contribution in [0.25, 0.3) is 0 Å². The van der Waals surface area contributed by atoms with Crippen LogP contribution in [0.3, 0.4) is 0 Å². The first-order valence-electron chi connectivity index (χ1n) is 6.84. The summed E-state index contributed by atoms with van der Waals surface area (Å²) in [4.78, 5) is 18.0. The van der Waals surface area contributed by atoms with Crippen molar-refractivity contribution in [1.29, 1.82) is 0 Å². The van der Waals surface area contributed by atoms with Crippen molar-refractivity contribution in [3.8, 4) is 5.75 Å². The number of para-hydroxylation sites is 2. The first kappa shape index (κ1) is 14.8. The van der Waals surface area contributed by atoms with Crippen LogP contribution >= 0.6 is 0 Å². The van der Waals surface area contributed by atoms with Crippen molar-refractivity contribution in [3.05, 3.63) is 54.4 Å². The van der Waals surface area contributed by atoms with Gasteiger partial charge in [-0.1, -0.05) is 18.2 Å². The Balaban J connectivity index is 2.01. The van der Waals surface area contributed by atoms with E-state index in [1.165, 1.54) is 0 Å². The molecule has 0 atom stereocenters. The Hall–Kier alpha value is -2.56. The van der Waals surface area contributed by atoms with E-state index in [1.54, 1.807) is 18.1 Å². The number of hydrogen-bond donors (Lipinski definition) is 1. The van der Waals surface area contributed by atoms with E-state index < -0.39 is 0 Å². The fourth-order valence-corrected chi connectivity index (χ4v) is 1.87. The van der Waals surface area contributed by atoms with Crippen LogP contribution in [0, 0.1) is 0 Å². The Morgan fingerprint density at radius 3 is 2.71 bits per heavy atom. The van der Waals surface area contributed by atoms with Gasteiger partial charge in [0.15, 0.2) is 0 Å². The minimum absolute atomic E-state index is 0.201. The second-order valence-corrected chi connectivity index (χ2v) is 4.54. The molecule has 110 valence electrons. The summed E-state index contributed by atoms with van der Waals surface area (Å²) in [5.74, 6) is 0.666. The van der Waals surface area contributed by atoms with Gasteiger partial charge in [0.2, 0.25) is 0 Å². The van der Waals surface area contributed by atoms with E-state index in [1.807, 2.05) is 49.4 Å². The summed E-state index contributed by atoms with van der Waals surface area (Å²) in [6.07, 6.45) is 1.71. The number of ether oxygens (including phenoxy) is 1. The average Bonchev–Trinajstić information content (AvgIpc) is 2.50. The number of urea groups is 1. The summed E-state index contributed by atoms with van der Waals surface area (Å²) < 4.78 is 5.49. The normalized spacial score (nSPS) is 10.0. The summed E-state index contributed by atoms with van der Waals surface area (Å²) in [5.41, 5.74) is 1.51. The van der Waals surface area contributed by atoms with Gasteiger partial charge in [0.1, 0.15) is 5.75 Å². The van der Waals surface area contributed by atoms with Gasteiger partial charge in [-0.3, -0.25) is 4.98 Å². The van der Waals surface area contributed by atoms with Gasteiger partial charge < -0.3 is 15.0 Å². The van der Waals surface area contributed by atoms with E-state index in [4.69, 9.17) is 4.74 Å². The van der Waals surface area contributed by atoms with Crippen molar-refractivity contribution in [2.45, 2.75) is 13.5 Å². The molecule has 21 heavy (non-hydrogen) atoms. The maximum Gasteiger partial charge on any atom is 0.322 e. The molecule has 0 spiro atoms. The van der Waals surface area contributed by atoms with Crippen LogP contribution in [0.1, 0.15) is 12.6 Å². The van der Waals surface area contributed by atoms with Crippen LogP contribution in [-0.4, -0.2) is 29.6 Å². The van der Waals surface area contributed by atoms with Crippen molar-refractivity contribution in [1.82, 2.24) is 9.88 Å². The maximum atomic E-state index is 12.2. The molecule has 0 bridgehead atoms. The van der Waals surface area contributed by atoms with E-state index in [-0.39, 0.29) is 6.03 Å². The number of rotatable bonds is 5. The fraction of sp³-hybridized carbons (Fsp3) is 0.250. The van der Waals surface area contributed by atoms with Gasteiger partial charge in [0.05, 0.1) is 24.5 Å². The summed E-state index contributed by atoms with van der Waals surface area (Å²) in [7, 11) is 1.73.